The lowest BCUT2D eigenvalue weighted by molar-refractivity contribution is 0.0955. The maximum Gasteiger partial charge on any atom is 0.261 e. The third kappa shape index (κ3) is 3.73. The molecule has 0 saturated carbocycles. The summed E-state index contributed by atoms with van der Waals surface area (Å²) < 4.78 is 37.3. The van der Waals surface area contributed by atoms with Crippen LogP contribution in [0.5, 0.6) is 11.5 Å². The molecule has 9 heteroatoms. The molecule has 0 spiro atoms. The molecule has 3 heterocycles. The molecular weight excluding hydrogens is 436 g/mol. The summed E-state index contributed by atoms with van der Waals surface area (Å²) in [6.45, 7) is 0.368. The lowest BCUT2D eigenvalue weighted by Crippen LogP contribution is -2.21. The van der Waals surface area contributed by atoms with Gasteiger partial charge in [-0.05, 0) is 47.3 Å². The van der Waals surface area contributed by atoms with E-state index in [-0.39, 0.29) is 29.0 Å². The summed E-state index contributed by atoms with van der Waals surface area (Å²) >= 11 is 1.38. The molecule has 1 amide bonds. The standard InChI is InChI=1S/C22H16N2O5S2/c25-22(20-9-15-7-8-23-12-21(15)30-20)24-11-14-1-3-16(4-2-14)31(26,27)17-5-6-18-19(10-17)29-13-28-18/h1-10,12H,11,13H2,(H,24,25). The van der Waals surface area contributed by atoms with Crippen molar-refractivity contribution in [3.63, 3.8) is 0 Å². The van der Waals surface area contributed by atoms with E-state index < -0.39 is 9.84 Å². The molecule has 0 fully saturated rings. The van der Waals surface area contributed by atoms with Gasteiger partial charge >= 0.3 is 0 Å². The van der Waals surface area contributed by atoms with E-state index in [1.54, 1.807) is 30.6 Å². The van der Waals surface area contributed by atoms with Crippen molar-refractivity contribution in [2.75, 3.05) is 6.79 Å². The van der Waals surface area contributed by atoms with Gasteiger partial charge in [0.05, 0.1) is 19.4 Å². The average Bonchev–Trinajstić information content (AvgIpc) is 3.44. The van der Waals surface area contributed by atoms with Crippen molar-refractivity contribution in [1.29, 1.82) is 0 Å². The Kier molecular flexibility index (Phi) is 4.84. The van der Waals surface area contributed by atoms with E-state index in [1.165, 1.54) is 35.6 Å². The Balaban J connectivity index is 1.29. The number of benzene rings is 2. The molecule has 7 nitrogen and oxygen atoms in total. The largest absolute Gasteiger partial charge is 0.454 e. The van der Waals surface area contributed by atoms with Gasteiger partial charge in [-0.2, -0.15) is 0 Å². The minimum atomic E-state index is -3.69. The van der Waals surface area contributed by atoms with Gasteiger partial charge < -0.3 is 14.8 Å². The number of hydrogen-bond acceptors (Lipinski definition) is 7. The van der Waals surface area contributed by atoms with E-state index in [4.69, 9.17) is 9.47 Å². The van der Waals surface area contributed by atoms with Crippen molar-refractivity contribution >= 4 is 37.2 Å². The smallest absolute Gasteiger partial charge is 0.261 e. The van der Waals surface area contributed by atoms with E-state index in [0.717, 1.165) is 15.6 Å². The number of nitrogens with one attached hydrogen (secondary N) is 1. The summed E-state index contributed by atoms with van der Waals surface area (Å²) in [5.74, 6) is 0.760. The first-order chi connectivity index (χ1) is 15.0. The van der Waals surface area contributed by atoms with Gasteiger partial charge in [-0.1, -0.05) is 12.1 Å². The van der Waals surface area contributed by atoms with Gasteiger partial charge in [0.15, 0.2) is 11.5 Å². The van der Waals surface area contributed by atoms with Gasteiger partial charge in [-0.25, -0.2) is 8.42 Å². The van der Waals surface area contributed by atoms with Crippen LogP contribution in [0.15, 0.2) is 76.8 Å². The minimum absolute atomic E-state index is 0.0810. The third-order valence-corrected chi connectivity index (χ3v) is 7.74. The predicted molar refractivity (Wildman–Crippen MR) is 115 cm³/mol. The van der Waals surface area contributed by atoms with Gasteiger partial charge in [0.2, 0.25) is 16.6 Å². The van der Waals surface area contributed by atoms with Gasteiger partial charge in [0, 0.05) is 25.0 Å². The highest BCUT2D eigenvalue weighted by Gasteiger charge is 2.22. The fraction of sp³-hybridized carbons (Fsp3) is 0.0909. The minimum Gasteiger partial charge on any atom is -0.454 e. The molecular formula is C22H16N2O5S2. The number of nitrogens with zero attached hydrogens (tertiary/aromatic N) is 1. The summed E-state index contributed by atoms with van der Waals surface area (Å²) in [6, 6.07) is 14.7. The van der Waals surface area contributed by atoms with E-state index in [2.05, 4.69) is 10.3 Å². The van der Waals surface area contributed by atoms with Crippen molar-refractivity contribution < 1.29 is 22.7 Å². The summed E-state index contributed by atoms with van der Waals surface area (Å²) in [4.78, 5) is 17.4. The number of rotatable bonds is 5. The molecule has 31 heavy (non-hydrogen) atoms. The van der Waals surface area contributed by atoms with Crippen molar-refractivity contribution in [2.45, 2.75) is 16.3 Å². The van der Waals surface area contributed by atoms with E-state index >= 15 is 0 Å². The quantitative estimate of drug-likeness (QED) is 0.495. The Morgan fingerprint density at radius 1 is 1.00 bits per heavy atom. The highest BCUT2D eigenvalue weighted by atomic mass is 32.2. The number of amides is 1. The molecule has 0 bridgehead atoms. The lowest BCUT2D eigenvalue weighted by atomic mass is 10.2. The van der Waals surface area contributed by atoms with Crippen LogP contribution in [-0.4, -0.2) is 26.1 Å². The van der Waals surface area contributed by atoms with Crippen LogP contribution in [0.2, 0.25) is 0 Å². The van der Waals surface area contributed by atoms with Gasteiger partial charge in [-0.15, -0.1) is 11.3 Å². The molecule has 4 aromatic rings. The molecule has 1 aliphatic rings. The molecule has 2 aromatic carbocycles. The molecule has 1 N–H and O–H groups in total. The second kappa shape index (κ2) is 7.68. The fourth-order valence-corrected chi connectivity index (χ4v) is 5.45. The summed E-state index contributed by atoms with van der Waals surface area (Å²) in [5, 5.41) is 3.84. The molecule has 0 unspecified atom stereocenters. The molecule has 0 aliphatic carbocycles. The van der Waals surface area contributed by atoms with Crippen molar-refractivity contribution in [3.05, 3.63) is 77.4 Å². The number of sulfone groups is 1. The SMILES string of the molecule is O=C(NCc1ccc(S(=O)(=O)c2ccc3c(c2)OCO3)cc1)c1cc2ccncc2s1. The molecule has 2 aromatic heterocycles. The average molecular weight is 453 g/mol. The maximum atomic E-state index is 12.9. The van der Waals surface area contributed by atoms with Gasteiger partial charge in [0.25, 0.3) is 5.91 Å². The number of pyridine rings is 1. The fourth-order valence-electron chi connectivity index (χ4n) is 3.23. The van der Waals surface area contributed by atoms with Crippen molar-refractivity contribution in [3.8, 4) is 11.5 Å². The number of carbonyl (C=O) groups excluding carboxylic acids is 1. The molecule has 1 aliphatic heterocycles. The van der Waals surface area contributed by atoms with Crippen LogP contribution in [-0.2, 0) is 16.4 Å². The van der Waals surface area contributed by atoms with Crippen LogP contribution in [0.3, 0.4) is 0 Å². The maximum absolute atomic E-state index is 12.9. The predicted octanol–water partition coefficient (Wildman–Crippen LogP) is 3.79. The number of carbonyl (C=O) groups is 1. The zero-order valence-electron chi connectivity index (χ0n) is 16.1. The van der Waals surface area contributed by atoms with E-state index in [1.807, 2.05) is 12.1 Å². The van der Waals surface area contributed by atoms with Gasteiger partial charge in [-0.3, -0.25) is 9.78 Å². The molecule has 156 valence electrons. The number of hydrogen-bond donors (Lipinski definition) is 1. The highest BCUT2D eigenvalue weighted by molar-refractivity contribution is 7.91. The first-order valence-corrected chi connectivity index (χ1v) is 11.7. The molecule has 5 rings (SSSR count). The second-order valence-electron chi connectivity index (χ2n) is 6.87. The Bertz CT molecular complexity index is 1360. The van der Waals surface area contributed by atoms with Gasteiger partial charge in [0.1, 0.15) is 0 Å². The normalized spacial score (nSPS) is 12.8. The molecule has 0 atom stereocenters. The molecule has 0 saturated heterocycles. The summed E-state index contributed by atoms with van der Waals surface area (Å²) in [7, 11) is -3.69. The van der Waals surface area contributed by atoms with Crippen LogP contribution in [0, 0.1) is 0 Å². The number of fused-ring (bicyclic) bond motifs is 2. The lowest BCUT2D eigenvalue weighted by Gasteiger charge is -2.08. The van der Waals surface area contributed by atoms with Crippen LogP contribution in [0.4, 0.5) is 0 Å². The first kappa shape index (κ1) is 19.5. The van der Waals surface area contributed by atoms with Crippen LogP contribution in [0.25, 0.3) is 10.1 Å². The highest BCUT2D eigenvalue weighted by Crippen LogP contribution is 2.35. The zero-order chi connectivity index (χ0) is 21.4. The molecule has 0 radical (unpaired) electrons. The van der Waals surface area contributed by atoms with Crippen LogP contribution >= 0.6 is 11.3 Å². The van der Waals surface area contributed by atoms with Crippen LogP contribution in [0.1, 0.15) is 15.2 Å². The topological polar surface area (TPSA) is 94.6 Å². The van der Waals surface area contributed by atoms with Crippen LogP contribution < -0.4 is 14.8 Å². The Hall–Kier alpha value is -3.43. The van der Waals surface area contributed by atoms with Crippen molar-refractivity contribution in [1.82, 2.24) is 10.3 Å². The number of aromatic nitrogens is 1. The van der Waals surface area contributed by atoms with Crippen molar-refractivity contribution in [2.24, 2.45) is 0 Å². The van der Waals surface area contributed by atoms with E-state index in [0.29, 0.717) is 16.4 Å². The summed E-state index contributed by atoms with van der Waals surface area (Å²) in [6.07, 6.45) is 3.42. The Labute approximate surface area is 182 Å². The monoisotopic (exact) mass is 452 g/mol. The zero-order valence-corrected chi connectivity index (χ0v) is 17.7. The number of thiophene rings is 1. The second-order valence-corrected chi connectivity index (χ2v) is 9.90. The summed E-state index contributed by atoms with van der Waals surface area (Å²) in [5.41, 5.74) is 0.792. The third-order valence-electron chi connectivity index (χ3n) is 4.89. The Morgan fingerprint density at radius 2 is 1.77 bits per heavy atom. The first-order valence-electron chi connectivity index (χ1n) is 9.36. The number of ether oxygens (including phenoxy) is 2. The Morgan fingerprint density at radius 3 is 2.58 bits per heavy atom. The van der Waals surface area contributed by atoms with E-state index in [9.17, 15) is 13.2 Å².